The van der Waals surface area contributed by atoms with E-state index in [4.69, 9.17) is 10.5 Å². The summed E-state index contributed by atoms with van der Waals surface area (Å²) < 4.78 is 30.1. The van der Waals surface area contributed by atoms with E-state index in [2.05, 4.69) is 15.3 Å². The maximum absolute atomic E-state index is 12.5. The molecule has 0 amide bonds. The lowest BCUT2D eigenvalue weighted by molar-refractivity contribution is 0.252. The van der Waals surface area contributed by atoms with Crippen molar-refractivity contribution in [2.24, 2.45) is 0 Å². The first-order valence-corrected chi connectivity index (χ1v) is 6.45. The van der Waals surface area contributed by atoms with Crippen LogP contribution in [0.5, 0.6) is 5.75 Å². The van der Waals surface area contributed by atoms with Gasteiger partial charge in [-0.15, -0.1) is 0 Å². The maximum Gasteiger partial charge on any atom is 0.288 e. The number of nitrogens with zero attached hydrogens (tertiary/aromatic N) is 2. The highest BCUT2D eigenvalue weighted by Crippen LogP contribution is 2.35. The highest BCUT2D eigenvalue weighted by molar-refractivity contribution is 7.99. The molecule has 1 aromatic heterocycles. The van der Waals surface area contributed by atoms with Gasteiger partial charge in [0.15, 0.2) is 11.6 Å². The summed E-state index contributed by atoms with van der Waals surface area (Å²) in [5.41, 5.74) is 6.16. The molecule has 0 fully saturated rings. The highest BCUT2D eigenvalue weighted by atomic mass is 32.2. The maximum atomic E-state index is 12.5. The normalized spacial score (nSPS) is 10.6. The summed E-state index contributed by atoms with van der Waals surface area (Å²) in [6.45, 7) is 0. The number of benzene rings is 1. The Bertz CT molecular complexity index is 597. The lowest BCUT2D eigenvalue weighted by atomic mass is 10.3. The topological polar surface area (TPSA) is 73.1 Å². The van der Waals surface area contributed by atoms with E-state index in [0.717, 1.165) is 0 Å². The minimum Gasteiger partial charge on any atom is -0.490 e. The van der Waals surface area contributed by atoms with Crippen LogP contribution in [0.25, 0.3) is 0 Å². The van der Waals surface area contributed by atoms with E-state index >= 15 is 0 Å². The number of nitrogens with one attached hydrogen (secondary N) is 1. The molecule has 0 spiro atoms. The van der Waals surface area contributed by atoms with Gasteiger partial charge in [0.05, 0.1) is 12.8 Å². The third-order valence-electron chi connectivity index (χ3n) is 2.39. The molecule has 5 nitrogen and oxygen atoms in total. The summed E-state index contributed by atoms with van der Waals surface area (Å²) in [4.78, 5) is 8.21. The van der Waals surface area contributed by atoms with Crippen LogP contribution in [0.3, 0.4) is 0 Å². The van der Waals surface area contributed by atoms with Crippen molar-refractivity contribution in [2.75, 3.05) is 18.2 Å². The van der Waals surface area contributed by atoms with Crippen LogP contribution in [0.1, 0.15) is 0 Å². The van der Waals surface area contributed by atoms with Crippen molar-refractivity contribution < 1.29 is 13.5 Å². The van der Waals surface area contributed by atoms with Gasteiger partial charge in [0.1, 0.15) is 6.33 Å². The number of ether oxygens (including phenoxy) is 1. The van der Waals surface area contributed by atoms with Crippen molar-refractivity contribution in [2.45, 2.75) is 10.7 Å². The van der Waals surface area contributed by atoms with E-state index in [0.29, 0.717) is 28.2 Å². The van der Waals surface area contributed by atoms with E-state index in [9.17, 15) is 8.78 Å². The SMILES string of the molecule is COc1c(N)ncnc1Nc1ccccc1SC(F)F. The molecule has 1 heterocycles. The van der Waals surface area contributed by atoms with Gasteiger partial charge < -0.3 is 15.8 Å². The molecule has 0 unspecified atom stereocenters. The zero-order valence-corrected chi connectivity index (χ0v) is 11.3. The fraction of sp³-hybridized carbons (Fsp3) is 0.167. The Hall–Kier alpha value is -2.09. The molecule has 1 aromatic carbocycles. The molecule has 3 N–H and O–H groups in total. The Kier molecular flexibility index (Phi) is 4.57. The van der Waals surface area contributed by atoms with Crippen molar-refractivity contribution in [3.05, 3.63) is 30.6 Å². The number of nitrogen functional groups attached to an aromatic ring is 1. The lowest BCUT2D eigenvalue weighted by Gasteiger charge is -2.13. The number of methoxy groups -OCH3 is 1. The largest absolute Gasteiger partial charge is 0.490 e. The minimum atomic E-state index is -2.50. The summed E-state index contributed by atoms with van der Waals surface area (Å²) in [7, 11) is 1.43. The third kappa shape index (κ3) is 3.27. The molecule has 0 saturated carbocycles. The Morgan fingerprint density at radius 1 is 1.30 bits per heavy atom. The van der Waals surface area contributed by atoms with Crippen LogP contribution in [-0.2, 0) is 0 Å². The van der Waals surface area contributed by atoms with E-state index in [-0.39, 0.29) is 11.6 Å². The number of nitrogens with two attached hydrogens (primary N) is 1. The van der Waals surface area contributed by atoms with Crippen LogP contribution < -0.4 is 15.8 Å². The fourth-order valence-electron chi connectivity index (χ4n) is 1.57. The van der Waals surface area contributed by atoms with Gasteiger partial charge in [-0.25, -0.2) is 9.97 Å². The molecule has 2 aromatic rings. The van der Waals surface area contributed by atoms with Crippen LogP contribution >= 0.6 is 11.8 Å². The number of aromatic nitrogens is 2. The second-order valence-electron chi connectivity index (χ2n) is 3.64. The second kappa shape index (κ2) is 6.38. The molecule has 0 radical (unpaired) electrons. The smallest absolute Gasteiger partial charge is 0.288 e. The van der Waals surface area contributed by atoms with Crippen molar-refractivity contribution in [3.63, 3.8) is 0 Å². The summed E-state index contributed by atoms with van der Waals surface area (Å²) in [6, 6.07) is 6.68. The average molecular weight is 298 g/mol. The molecule has 106 valence electrons. The van der Waals surface area contributed by atoms with Crippen LogP contribution in [-0.4, -0.2) is 22.8 Å². The number of para-hydroxylation sites is 1. The number of hydrogen-bond donors (Lipinski definition) is 2. The standard InChI is InChI=1S/C12H12F2N4OS/c1-19-9-10(15)16-6-17-11(9)18-7-4-2-3-5-8(7)20-12(13)14/h2-6,12H,1H3,(H3,15,16,17,18). The van der Waals surface area contributed by atoms with Crippen molar-refractivity contribution >= 4 is 29.1 Å². The molecule has 2 rings (SSSR count). The Balaban J connectivity index is 2.33. The van der Waals surface area contributed by atoms with Crippen molar-refractivity contribution in [1.29, 1.82) is 0 Å². The number of halogens is 2. The number of rotatable bonds is 5. The molecule has 0 atom stereocenters. The Morgan fingerprint density at radius 3 is 2.75 bits per heavy atom. The lowest BCUT2D eigenvalue weighted by Crippen LogP contribution is -2.03. The van der Waals surface area contributed by atoms with Crippen LogP contribution in [0.4, 0.5) is 26.1 Å². The molecular formula is C12H12F2N4OS. The van der Waals surface area contributed by atoms with Gasteiger partial charge in [0.2, 0.25) is 5.75 Å². The van der Waals surface area contributed by atoms with Gasteiger partial charge in [-0.1, -0.05) is 23.9 Å². The predicted molar refractivity (Wildman–Crippen MR) is 74.6 cm³/mol. The van der Waals surface area contributed by atoms with Gasteiger partial charge in [0.25, 0.3) is 5.76 Å². The first-order chi connectivity index (χ1) is 9.61. The van der Waals surface area contributed by atoms with E-state index in [1.807, 2.05) is 0 Å². The summed E-state index contributed by atoms with van der Waals surface area (Å²) in [5.74, 6) is -1.74. The van der Waals surface area contributed by atoms with E-state index < -0.39 is 5.76 Å². The van der Waals surface area contributed by atoms with E-state index in [1.165, 1.54) is 13.4 Å². The van der Waals surface area contributed by atoms with Crippen molar-refractivity contribution in [3.8, 4) is 5.75 Å². The van der Waals surface area contributed by atoms with Gasteiger partial charge in [0, 0.05) is 4.90 Å². The van der Waals surface area contributed by atoms with E-state index in [1.54, 1.807) is 24.3 Å². The van der Waals surface area contributed by atoms with Crippen molar-refractivity contribution in [1.82, 2.24) is 9.97 Å². The summed E-state index contributed by atoms with van der Waals surface area (Å²) >= 11 is 0.451. The molecule has 0 bridgehead atoms. The Morgan fingerprint density at radius 2 is 2.05 bits per heavy atom. The van der Waals surface area contributed by atoms with Crippen LogP contribution in [0.15, 0.2) is 35.5 Å². The average Bonchev–Trinajstić information content (AvgIpc) is 2.41. The fourth-order valence-corrected chi connectivity index (χ4v) is 2.17. The Labute approximate surface area is 118 Å². The quantitative estimate of drug-likeness (QED) is 0.826. The van der Waals surface area contributed by atoms with Gasteiger partial charge in [-0.3, -0.25) is 0 Å². The van der Waals surface area contributed by atoms with Crippen LogP contribution in [0, 0.1) is 0 Å². The third-order valence-corrected chi connectivity index (χ3v) is 3.18. The first kappa shape index (κ1) is 14.3. The predicted octanol–water partition coefficient (Wildman–Crippen LogP) is 3.13. The molecule has 8 heteroatoms. The minimum absolute atomic E-state index is 0.170. The molecular weight excluding hydrogens is 286 g/mol. The molecule has 0 aliphatic carbocycles. The van der Waals surface area contributed by atoms with Crippen LogP contribution in [0.2, 0.25) is 0 Å². The van der Waals surface area contributed by atoms with Gasteiger partial charge >= 0.3 is 0 Å². The molecule has 0 saturated heterocycles. The second-order valence-corrected chi connectivity index (χ2v) is 4.67. The number of thioether (sulfide) groups is 1. The highest BCUT2D eigenvalue weighted by Gasteiger charge is 2.13. The number of alkyl halides is 2. The van der Waals surface area contributed by atoms with Gasteiger partial charge in [-0.05, 0) is 12.1 Å². The number of hydrogen-bond acceptors (Lipinski definition) is 6. The zero-order valence-electron chi connectivity index (χ0n) is 10.5. The summed E-state index contributed by atoms with van der Waals surface area (Å²) in [5, 5.41) is 2.93. The molecule has 0 aliphatic rings. The van der Waals surface area contributed by atoms with Gasteiger partial charge in [-0.2, -0.15) is 8.78 Å². The summed E-state index contributed by atoms with van der Waals surface area (Å²) in [6.07, 6.45) is 1.27. The number of anilines is 3. The zero-order chi connectivity index (χ0) is 14.5. The monoisotopic (exact) mass is 298 g/mol. The first-order valence-electron chi connectivity index (χ1n) is 5.57. The molecule has 0 aliphatic heterocycles. The molecule has 20 heavy (non-hydrogen) atoms.